The molecule has 4 heterocycles. The highest BCUT2D eigenvalue weighted by Gasteiger charge is 2.49. The molecule has 1 N–H and O–H groups in total. The van der Waals surface area contributed by atoms with Gasteiger partial charge in [0.25, 0.3) is 0 Å². The molecule has 36 heavy (non-hydrogen) atoms. The summed E-state index contributed by atoms with van der Waals surface area (Å²) in [5.41, 5.74) is 3.62. The molecular weight excluding hydrogens is 474 g/mol. The first-order valence-corrected chi connectivity index (χ1v) is 16.2. The summed E-state index contributed by atoms with van der Waals surface area (Å²) in [6.45, 7) is 6.36. The predicted molar refractivity (Wildman–Crippen MR) is 143 cm³/mol. The predicted octanol–water partition coefficient (Wildman–Crippen LogP) is 2.52. The first kappa shape index (κ1) is 26.9. The number of nitrogens with zero attached hydrogens (tertiary/aromatic N) is 4. The van der Waals surface area contributed by atoms with Crippen molar-refractivity contribution in [3.05, 3.63) is 0 Å². The molecule has 5 aliphatic rings. The number of nitrogens with one attached hydrogen (secondary N) is 1. The fraction of sp³-hybridized carbons (Fsp3) is 0.963. The van der Waals surface area contributed by atoms with Gasteiger partial charge in [0.2, 0.25) is 15.9 Å². The van der Waals surface area contributed by atoms with Crippen molar-refractivity contribution in [2.45, 2.75) is 101 Å². The zero-order valence-electron chi connectivity index (χ0n) is 22.8. The van der Waals surface area contributed by atoms with Gasteiger partial charge in [0, 0.05) is 50.8 Å². The third-order valence-electron chi connectivity index (χ3n) is 10.3. The van der Waals surface area contributed by atoms with E-state index in [2.05, 4.69) is 41.3 Å². The topological polar surface area (TPSA) is 76.2 Å². The molecule has 5 fully saturated rings. The Labute approximate surface area is 219 Å². The lowest BCUT2D eigenvalue weighted by Gasteiger charge is -2.43. The van der Waals surface area contributed by atoms with Crippen molar-refractivity contribution in [2.75, 3.05) is 46.8 Å². The number of piperidine rings is 3. The van der Waals surface area contributed by atoms with Crippen molar-refractivity contribution in [1.82, 2.24) is 24.5 Å². The van der Waals surface area contributed by atoms with Crippen LogP contribution in [-0.4, -0.2) is 104 Å². The summed E-state index contributed by atoms with van der Waals surface area (Å²) in [6.07, 6.45) is 11.2. The first-order valence-electron chi connectivity index (χ1n) is 14.7. The number of likely N-dealkylation sites (tertiary alicyclic amines) is 1. The minimum Gasteiger partial charge on any atom is -0.342 e. The summed E-state index contributed by atoms with van der Waals surface area (Å²) in [5.74, 6) is 1.57. The fourth-order valence-electron chi connectivity index (χ4n) is 8.01. The van der Waals surface area contributed by atoms with Gasteiger partial charge in [0.15, 0.2) is 0 Å². The molecule has 4 aliphatic heterocycles. The Hall–Kier alpha value is -0.740. The minimum atomic E-state index is -3.20. The molecule has 4 unspecified atom stereocenters. The maximum Gasteiger partial charge on any atom is 0.228 e. The minimum absolute atomic E-state index is 0.0451. The average Bonchev–Trinajstić information content (AvgIpc) is 3.23. The van der Waals surface area contributed by atoms with Crippen LogP contribution in [0, 0.1) is 17.8 Å². The van der Waals surface area contributed by atoms with Crippen LogP contribution in [0.5, 0.6) is 0 Å². The van der Waals surface area contributed by atoms with Gasteiger partial charge in [-0.1, -0.05) is 0 Å². The van der Waals surface area contributed by atoms with Crippen molar-refractivity contribution in [1.29, 1.82) is 0 Å². The van der Waals surface area contributed by atoms with Crippen molar-refractivity contribution in [3.8, 4) is 0 Å². The van der Waals surface area contributed by atoms with Crippen molar-refractivity contribution >= 4 is 15.9 Å². The Morgan fingerprint density at radius 3 is 2.11 bits per heavy atom. The molecule has 0 radical (unpaired) electrons. The molecular formula is C27H49N5O3S. The number of fused-ring (bicyclic) bond motifs is 1. The zero-order valence-corrected chi connectivity index (χ0v) is 23.6. The SMILES string of the molecule is CC1NN2CCC(C3CCN(S(=O)(=O)C4CCC(N(C)C)CC4)CC3)CC2C1C(=O)N1CCCCC1. The van der Waals surface area contributed by atoms with E-state index in [9.17, 15) is 13.2 Å². The molecule has 206 valence electrons. The molecule has 4 atom stereocenters. The smallest absolute Gasteiger partial charge is 0.228 e. The molecule has 4 saturated heterocycles. The Bertz CT molecular complexity index is 861. The van der Waals surface area contributed by atoms with Gasteiger partial charge in [-0.3, -0.25) is 10.2 Å². The summed E-state index contributed by atoms with van der Waals surface area (Å²) < 4.78 is 28.6. The van der Waals surface area contributed by atoms with E-state index in [1.807, 2.05) is 4.31 Å². The Morgan fingerprint density at radius 2 is 1.47 bits per heavy atom. The zero-order chi connectivity index (χ0) is 25.4. The van der Waals surface area contributed by atoms with Crippen molar-refractivity contribution in [2.24, 2.45) is 17.8 Å². The molecule has 8 nitrogen and oxygen atoms in total. The van der Waals surface area contributed by atoms with E-state index in [1.165, 1.54) is 6.42 Å². The van der Waals surface area contributed by atoms with Crippen LogP contribution in [-0.2, 0) is 14.8 Å². The third kappa shape index (κ3) is 5.37. The van der Waals surface area contributed by atoms with Gasteiger partial charge < -0.3 is 9.80 Å². The molecule has 0 aromatic carbocycles. The van der Waals surface area contributed by atoms with E-state index >= 15 is 0 Å². The van der Waals surface area contributed by atoms with Crippen LogP contribution in [0.3, 0.4) is 0 Å². The van der Waals surface area contributed by atoms with Crippen LogP contribution in [0.2, 0.25) is 0 Å². The summed E-state index contributed by atoms with van der Waals surface area (Å²) in [4.78, 5) is 17.9. The fourth-order valence-corrected chi connectivity index (χ4v) is 10.0. The Balaban J connectivity index is 1.16. The van der Waals surface area contributed by atoms with E-state index in [0.717, 1.165) is 83.8 Å². The molecule has 9 heteroatoms. The lowest BCUT2D eigenvalue weighted by Crippen LogP contribution is -2.51. The molecule has 1 amide bonds. The molecule has 1 saturated carbocycles. The van der Waals surface area contributed by atoms with Crippen LogP contribution in [0.25, 0.3) is 0 Å². The average molecular weight is 524 g/mol. The number of amides is 1. The lowest BCUT2D eigenvalue weighted by molar-refractivity contribution is -0.138. The standard InChI is InChI=1S/C27H49N5O3S/c1-20-26(27(33)30-14-5-4-6-15-30)25-19-22(13-18-32(25)28-20)21-11-16-31(17-12-21)36(34,35)24-9-7-23(8-10-24)29(2)3/h20-26,28H,4-19H2,1-3H3. The van der Waals surface area contributed by atoms with Crippen LogP contribution >= 0.6 is 0 Å². The quantitative estimate of drug-likeness (QED) is 0.597. The highest BCUT2D eigenvalue weighted by Crippen LogP contribution is 2.41. The van der Waals surface area contributed by atoms with Gasteiger partial charge in [-0.2, -0.15) is 0 Å². The van der Waals surface area contributed by atoms with E-state index in [1.54, 1.807) is 0 Å². The number of sulfonamides is 1. The van der Waals surface area contributed by atoms with Gasteiger partial charge in [-0.15, -0.1) is 0 Å². The summed E-state index contributed by atoms with van der Waals surface area (Å²) in [6, 6.07) is 0.992. The van der Waals surface area contributed by atoms with Crippen LogP contribution in [0.4, 0.5) is 0 Å². The third-order valence-corrected chi connectivity index (χ3v) is 12.7. The maximum absolute atomic E-state index is 13.5. The van der Waals surface area contributed by atoms with Gasteiger partial charge >= 0.3 is 0 Å². The van der Waals surface area contributed by atoms with E-state index in [-0.39, 0.29) is 23.3 Å². The van der Waals surface area contributed by atoms with Gasteiger partial charge in [-0.25, -0.2) is 17.7 Å². The second-order valence-corrected chi connectivity index (χ2v) is 14.8. The Morgan fingerprint density at radius 1 is 0.833 bits per heavy atom. The van der Waals surface area contributed by atoms with Crippen molar-refractivity contribution < 1.29 is 13.2 Å². The van der Waals surface area contributed by atoms with Gasteiger partial charge in [-0.05, 0) is 103 Å². The van der Waals surface area contributed by atoms with E-state index in [0.29, 0.717) is 36.9 Å². The second-order valence-electron chi connectivity index (χ2n) is 12.6. The van der Waals surface area contributed by atoms with Crippen molar-refractivity contribution in [3.63, 3.8) is 0 Å². The number of hydrogen-bond donors (Lipinski definition) is 1. The molecule has 0 bridgehead atoms. The van der Waals surface area contributed by atoms with Crippen LogP contribution in [0.15, 0.2) is 0 Å². The molecule has 0 spiro atoms. The largest absolute Gasteiger partial charge is 0.342 e. The molecule has 5 rings (SSSR count). The van der Waals surface area contributed by atoms with Crippen LogP contribution in [0.1, 0.15) is 77.6 Å². The molecule has 0 aromatic heterocycles. The van der Waals surface area contributed by atoms with Gasteiger partial charge in [0.05, 0.1) is 11.2 Å². The highest BCUT2D eigenvalue weighted by atomic mass is 32.2. The van der Waals surface area contributed by atoms with Crippen LogP contribution < -0.4 is 5.43 Å². The normalized spacial score (nSPS) is 37.8. The van der Waals surface area contributed by atoms with E-state index < -0.39 is 10.0 Å². The number of carbonyl (C=O) groups excluding carboxylic acids is 1. The summed E-state index contributed by atoms with van der Waals surface area (Å²) >= 11 is 0. The second kappa shape index (κ2) is 11.2. The first-order chi connectivity index (χ1) is 17.3. The molecule has 0 aromatic rings. The van der Waals surface area contributed by atoms with E-state index in [4.69, 9.17) is 0 Å². The number of hydrazine groups is 1. The maximum atomic E-state index is 13.5. The summed E-state index contributed by atoms with van der Waals surface area (Å²) in [5, 5.41) is 2.17. The molecule has 1 aliphatic carbocycles. The number of hydrogen-bond acceptors (Lipinski definition) is 6. The Kier molecular flexibility index (Phi) is 8.33. The number of rotatable bonds is 5. The highest BCUT2D eigenvalue weighted by molar-refractivity contribution is 7.89. The van der Waals surface area contributed by atoms with Gasteiger partial charge in [0.1, 0.15) is 0 Å². The lowest BCUT2D eigenvalue weighted by atomic mass is 9.74. The monoisotopic (exact) mass is 523 g/mol. The number of carbonyl (C=O) groups is 1. The summed E-state index contributed by atoms with van der Waals surface area (Å²) in [7, 11) is 1.00.